The number of nitrogens with zero attached hydrogens (tertiary/aromatic N) is 1. The molecular weight excluding hydrogens is 360 g/mol. The van der Waals surface area contributed by atoms with E-state index in [1.165, 1.54) is 0 Å². The maximum absolute atomic E-state index is 11.8. The Kier molecular flexibility index (Phi) is 6.54. The molecule has 0 radical (unpaired) electrons. The Morgan fingerprint density at radius 2 is 1.89 bits per heavy atom. The van der Waals surface area contributed by atoms with E-state index in [4.69, 9.17) is 4.74 Å². The first-order valence-electron chi connectivity index (χ1n) is 8.93. The summed E-state index contributed by atoms with van der Waals surface area (Å²) in [6.45, 7) is 2.18. The van der Waals surface area contributed by atoms with E-state index in [2.05, 4.69) is 10.3 Å². The molecule has 1 amide bonds. The van der Waals surface area contributed by atoms with Gasteiger partial charge >= 0.3 is 5.97 Å². The zero-order valence-electron chi connectivity index (χ0n) is 15.2. The van der Waals surface area contributed by atoms with Gasteiger partial charge in [0.05, 0.1) is 15.2 Å². The fourth-order valence-electron chi connectivity index (χ4n) is 2.68. The Morgan fingerprint density at radius 1 is 1.11 bits per heavy atom. The number of carbonyl (C=O) groups is 2. The number of aromatic nitrogens is 1. The molecule has 1 N–H and O–H groups in total. The van der Waals surface area contributed by atoms with Gasteiger partial charge in [-0.2, -0.15) is 0 Å². The van der Waals surface area contributed by atoms with E-state index in [-0.39, 0.29) is 24.9 Å². The number of benzene rings is 2. The minimum atomic E-state index is -0.359. The van der Waals surface area contributed by atoms with E-state index in [9.17, 15) is 9.59 Å². The van der Waals surface area contributed by atoms with Crippen molar-refractivity contribution < 1.29 is 14.3 Å². The molecule has 2 aromatic carbocycles. The molecule has 0 saturated heterocycles. The number of hydrogen-bond acceptors (Lipinski definition) is 5. The van der Waals surface area contributed by atoms with E-state index < -0.39 is 0 Å². The predicted octanol–water partition coefficient (Wildman–Crippen LogP) is 3.79. The Hall–Kier alpha value is -2.73. The highest BCUT2D eigenvalue weighted by atomic mass is 32.1. The van der Waals surface area contributed by atoms with Crippen molar-refractivity contribution >= 4 is 33.4 Å². The Balaban J connectivity index is 1.34. The zero-order valence-corrected chi connectivity index (χ0v) is 16.1. The Bertz CT molecular complexity index is 903. The van der Waals surface area contributed by atoms with Crippen molar-refractivity contribution in [3.8, 4) is 0 Å². The summed E-state index contributed by atoms with van der Waals surface area (Å²) in [4.78, 5) is 28.2. The van der Waals surface area contributed by atoms with Crippen LogP contribution in [0.1, 0.15) is 29.0 Å². The minimum absolute atomic E-state index is 0.244. The van der Waals surface area contributed by atoms with Gasteiger partial charge in [0.25, 0.3) is 5.91 Å². The van der Waals surface area contributed by atoms with Crippen LogP contribution in [0.25, 0.3) is 10.2 Å². The highest BCUT2D eigenvalue weighted by Crippen LogP contribution is 2.22. The fraction of sp³-hybridized carbons (Fsp3) is 0.286. The lowest BCUT2D eigenvalue weighted by Crippen LogP contribution is -2.28. The van der Waals surface area contributed by atoms with Crippen molar-refractivity contribution in [3.05, 3.63) is 64.7 Å². The van der Waals surface area contributed by atoms with Crippen LogP contribution in [0.2, 0.25) is 0 Å². The maximum Gasteiger partial charge on any atom is 0.306 e. The topological polar surface area (TPSA) is 68.3 Å². The maximum atomic E-state index is 11.8. The largest absolute Gasteiger partial charge is 0.456 e. The number of nitrogens with one attached hydrogen (secondary N) is 1. The Morgan fingerprint density at radius 3 is 2.70 bits per heavy atom. The van der Waals surface area contributed by atoms with E-state index >= 15 is 0 Å². The molecule has 0 aliphatic rings. The molecule has 5 nitrogen and oxygen atoms in total. The van der Waals surface area contributed by atoms with Crippen LogP contribution in [-0.4, -0.2) is 23.5 Å². The first kappa shape index (κ1) is 19.0. The average Bonchev–Trinajstić information content (AvgIpc) is 3.08. The fourth-order valence-corrected chi connectivity index (χ4v) is 3.69. The van der Waals surface area contributed by atoms with Crippen LogP contribution in [0.15, 0.2) is 48.5 Å². The van der Waals surface area contributed by atoms with Crippen LogP contribution < -0.4 is 5.32 Å². The summed E-state index contributed by atoms with van der Waals surface area (Å²) in [6, 6.07) is 15.8. The van der Waals surface area contributed by atoms with Crippen LogP contribution in [0, 0.1) is 6.92 Å². The second-order valence-corrected chi connectivity index (χ2v) is 7.41. The lowest BCUT2D eigenvalue weighted by molar-refractivity contribution is -0.148. The molecule has 0 atom stereocenters. The van der Waals surface area contributed by atoms with Crippen molar-refractivity contribution in [1.29, 1.82) is 0 Å². The van der Waals surface area contributed by atoms with Crippen molar-refractivity contribution in [2.75, 3.05) is 6.61 Å². The summed E-state index contributed by atoms with van der Waals surface area (Å²) in [7, 11) is 0. The molecule has 6 heteroatoms. The zero-order chi connectivity index (χ0) is 19.1. The number of rotatable bonds is 8. The quantitative estimate of drug-likeness (QED) is 0.602. The SMILES string of the molecule is Cc1ccccc1CNC(=O)COC(=O)CCCc1nc2ccccc2s1. The van der Waals surface area contributed by atoms with Gasteiger partial charge in [-0.1, -0.05) is 36.4 Å². The third kappa shape index (κ3) is 5.62. The molecule has 3 aromatic rings. The molecule has 0 aliphatic carbocycles. The molecule has 0 bridgehead atoms. The summed E-state index contributed by atoms with van der Waals surface area (Å²) in [6.07, 6.45) is 1.67. The third-order valence-electron chi connectivity index (χ3n) is 4.21. The highest BCUT2D eigenvalue weighted by Gasteiger charge is 2.09. The number of thiazole rings is 1. The van der Waals surface area contributed by atoms with Crippen LogP contribution in [0.4, 0.5) is 0 Å². The van der Waals surface area contributed by atoms with Gasteiger partial charge in [-0.05, 0) is 43.0 Å². The number of aryl methyl sites for hydroxylation is 2. The number of amides is 1. The van der Waals surface area contributed by atoms with E-state index in [1.807, 2.05) is 55.5 Å². The highest BCUT2D eigenvalue weighted by molar-refractivity contribution is 7.18. The molecule has 0 unspecified atom stereocenters. The van der Waals surface area contributed by atoms with E-state index in [1.54, 1.807) is 11.3 Å². The third-order valence-corrected chi connectivity index (χ3v) is 5.31. The van der Waals surface area contributed by atoms with Crippen LogP contribution in [0.3, 0.4) is 0 Å². The predicted molar refractivity (Wildman–Crippen MR) is 107 cm³/mol. The van der Waals surface area contributed by atoms with Gasteiger partial charge in [0, 0.05) is 13.0 Å². The van der Waals surface area contributed by atoms with Crippen LogP contribution in [-0.2, 0) is 27.3 Å². The standard InChI is InChI=1S/C21H22N2O3S/c1-15-7-2-3-8-16(15)13-22-19(24)14-26-21(25)12-6-11-20-23-17-9-4-5-10-18(17)27-20/h2-5,7-10H,6,11-14H2,1H3,(H,22,24). The Labute approximate surface area is 162 Å². The van der Waals surface area contributed by atoms with Gasteiger partial charge < -0.3 is 10.1 Å². The summed E-state index contributed by atoms with van der Waals surface area (Å²) < 4.78 is 6.20. The molecule has 1 heterocycles. The number of ether oxygens (including phenoxy) is 1. The second-order valence-electron chi connectivity index (χ2n) is 6.29. The van der Waals surface area contributed by atoms with E-state index in [0.29, 0.717) is 13.0 Å². The summed E-state index contributed by atoms with van der Waals surface area (Å²) >= 11 is 1.65. The van der Waals surface area contributed by atoms with Gasteiger partial charge in [-0.3, -0.25) is 9.59 Å². The van der Waals surface area contributed by atoms with Crippen molar-refractivity contribution in [3.63, 3.8) is 0 Å². The normalized spacial score (nSPS) is 10.7. The second kappa shape index (κ2) is 9.28. The number of esters is 1. The molecule has 3 rings (SSSR count). The van der Waals surface area contributed by atoms with Crippen molar-refractivity contribution in [1.82, 2.24) is 10.3 Å². The average molecular weight is 382 g/mol. The molecule has 0 fully saturated rings. The molecular formula is C21H22N2O3S. The summed E-state index contributed by atoms with van der Waals surface area (Å²) in [5, 5.41) is 3.78. The first-order chi connectivity index (χ1) is 13.1. The number of carbonyl (C=O) groups excluding carboxylic acids is 2. The minimum Gasteiger partial charge on any atom is -0.456 e. The molecule has 27 heavy (non-hydrogen) atoms. The van der Waals surface area contributed by atoms with Gasteiger partial charge in [0.2, 0.25) is 0 Å². The van der Waals surface area contributed by atoms with Gasteiger partial charge in [0.15, 0.2) is 6.61 Å². The number of para-hydroxylation sites is 1. The van der Waals surface area contributed by atoms with Gasteiger partial charge in [-0.25, -0.2) is 4.98 Å². The van der Waals surface area contributed by atoms with Gasteiger partial charge in [-0.15, -0.1) is 11.3 Å². The van der Waals surface area contributed by atoms with Crippen LogP contribution in [0.5, 0.6) is 0 Å². The molecule has 140 valence electrons. The summed E-state index contributed by atoms with van der Waals surface area (Å²) in [5.74, 6) is -0.653. The molecule has 0 saturated carbocycles. The lowest BCUT2D eigenvalue weighted by atomic mass is 10.1. The molecule has 0 spiro atoms. The molecule has 0 aliphatic heterocycles. The monoisotopic (exact) mass is 382 g/mol. The van der Waals surface area contributed by atoms with Crippen molar-refractivity contribution in [2.45, 2.75) is 32.7 Å². The number of hydrogen-bond donors (Lipinski definition) is 1. The van der Waals surface area contributed by atoms with Crippen molar-refractivity contribution in [2.24, 2.45) is 0 Å². The molecule has 1 aromatic heterocycles. The van der Waals surface area contributed by atoms with E-state index in [0.717, 1.165) is 32.8 Å². The summed E-state index contributed by atoms with van der Waals surface area (Å²) in [5.41, 5.74) is 3.16. The lowest BCUT2D eigenvalue weighted by Gasteiger charge is -2.08. The van der Waals surface area contributed by atoms with Crippen LogP contribution >= 0.6 is 11.3 Å². The first-order valence-corrected chi connectivity index (χ1v) is 9.75. The smallest absolute Gasteiger partial charge is 0.306 e. The van der Waals surface area contributed by atoms with Gasteiger partial charge in [0.1, 0.15) is 0 Å². The number of fused-ring (bicyclic) bond motifs is 1.